The minimum absolute atomic E-state index is 0.121. The van der Waals surface area contributed by atoms with Gasteiger partial charge in [0.05, 0.1) is 18.4 Å². The molecule has 1 saturated heterocycles. The molecule has 0 unspecified atom stereocenters. The molecule has 0 atom stereocenters. The van der Waals surface area contributed by atoms with Crippen molar-refractivity contribution in [1.82, 2.24) is 9.21 Å². The third-order valence-electron chi connectivity index (χ3n) is 5.25. The van der Waals surface area contributed by atoms with Gasteiger partial charge in [-0.15, -0.1) is 0 Å². The molecule has 1 N–H and O–H groups in total. The third-order valence-corrected chi connectivity index (χ3v) is 7.13. The Kier molecular flexibility index (Phi) is 7.42. The zero-order valence-corrected chi connectivity index (χ0v) is 18.5. The highest BCUT2D eigenvalue weighted by atomic mass is 32.2. The van der Waals surface area contributed by atoms with Gasteiger partial charge in [-0.3, -0.25) is 9.69 Å². The lowest BCUT2D eigenvalue weighted by atomic mass is 10.1. The van der Waals surface area contributed by atoms with Gasteiger partial charge < -0.3 is 10.1 Å². The second kappa shape index (κ2) is 10.0. The normalized spacial score (nSPS) is 15.4. The van der Waals surface area contributed by atoms with Crippen LogP contribution in [0.4, 0.5) is 5.69 Å². The van der Waals surface area contributed by atoms with E-state index in [-0.39, 0.29) is 11.7 Å². The van der Waals surface area contributed by atoms with Crippen molar-refractivity contribution < 1.29 is 22.7 Å². The van der Waals surface area contributed by atoms with Gasteiger partial charge in [0.15, 0.2) is 0 Å². The van der Waals surface area contributed by atoms with Crippen molar-refractivity contribution in [3.05, 3.63) is 65.2 Å². The first-order chi connectivity index (χ1) is 14.8. The number of methoxy groups -OCH3 is 1. The molecule has 8 nitrogen and oxygen atoms in total. The van der Waals surface area contributed by atoms with Crippen molar-refractivity contribution in [2.24, 2.45) is 0 Å². The Hall–Kier alpha value is -2.75. The summed E-state index contributed by atoms with van der Waals surface area (Å²) in [5.41, 5.74) is 2.51. The number of nitrogens with zero attached hydrogens (tertiary/aromatic N) is 2. The maximum Gasteiger partial charge on any atom is 0.337 e. The van der Waals surface area contributed by atoms with Crippen LogP contribution >= 0.6 is 0 Å². The monoisotopic (exact) mass is 445 g/mol. The molecule has 0 spiro atoms. The minimum Gasteiger partial charge on any atom is -0.465 e. The number of benzene rings is 2. The van der Waals surface area contributed by atoms with Crippen LogP contribution in [0.2, 0.25) is 0 Å². The Bertz CT molecular complexity index is 1030. The predicted molar refractivity (Wildman–Crippen MR) is 118 cm³/mol. The van der Waals surface area contributed by atoms with Crippen LogP contribution in [0.1, 0.15) is 33.2 Å². The number of amides is 1. The number of rotatable bonds is 7. The number of hydrogen-bond donors (Lipinski definition) is 1. The van der Waals surface area contributed by atoms with Crippen LogP contribution in [0.25, 0.3) is 0 Å². The molecule has 3 rings (SSSR count). The van der Waals surface area contributed by atoms with E-state index in [1.807, 2.05) is 18.2 Å². The first-order valence-electron chi connectivity index (χ1n) is 10.1. The summed E-state index contributed by atoms with van der Waals surface area (Å²) < 4.78 is 30.2. The number of ether oxygens (including phenoxy) is 1. The Morgan fingerprint density at radius 3 is 2.29 bits per heavy atom. The Labute approximate surface area is 182 Å². The van der Waals surface area contributed by atoms with Gasteiger partial charge in [0.2, 0.25) is 10.0 Å². The van der Waals surface area contributed by atoms with Gasteiger partial charge in [0.25, 0.3) is 5.91 Å². The number of piperazine rings is 1. The fourth-order valence-electron chi connectivity index (χ4n) is 3.43. The molecule has 2 aromatic rings. The van der Waals surface area contributed by atoms with Crippen molar-refractivity contribution in [2.45, 2.75) is 13.5 Å². The molecule has 0 aromatic heterocycles. The SMILES string of the molecule is CCS(=O)(=O)N1CCN(Cc2cccc(C(=O)Nc3ccc(C(=O)OC)cc3)c2)CC1. The van der Waals surface area contributed by atoms with E-state index in [0.717, 1.165) is 5.56 Å². The zero-order chi connectivity index (χ0) is 22.4. The molecule has 1 heterocycles. The van der Waals surface area contributed by atoms with Crippen LogP contribution in [0.15, 0.2) is 48.5 Å². The maximum atomic E-state index is 12.6. The predicted octanol–water partition coefficient (Wildman–Crippen LogP) is 2.19. The Morgan fingerprint density at radius 1 is 1.00 bits per heavy atom. The number of carbonyl (C=O) groups excluding carboxylic acids is 2. The van der Waals surface area contributed by atoms with E-state index >= 15 is 0 Å². The molecule has 1 amide bonds. The highest BCUT2D eigenvalue weighted by Crippen LogP contribution is 2.15. The molecular weight excluding hydrogens is 418 g/mol. The van der Waals surface area contributed by atoms with Crippen molar-refractivity contribution in [2.75, 3.05) is 44.4 Å². The molecule has 0 bridgehead atoms. The summed E-state index contributed by atoms with van der Waals surface area (Å²) in [7, 11) is -1.83. The lowest BCUT2D eigenvalue weighted by molar-refractivity contribution is 0.0600. The molecule has 0 saturated carbocycles. The second-order valence-electron chi connectivity index (χ2n) is 7.30. The van der Waals surface area contributed by atoms with Crippen LogP contribution in [0.5, 0.6) is 0 Å². The van der Waals surface area contributed by atoms with Gasteiger partial charge in [0, 0.05) is 44.0 Å². The summed E-state index contributed by atoms with van der Waals surface area (Å²) in [6, 6.07) is 13.9. The highest BCUT2D eigenvalue weighted by Gasteiger charge is 2.25. The fraction of sp³-hybridized carbons (Fsp3) is 0.364. The first kappa shape index (κ1) is 22.9. The van der Waals surface area contributed by atoms with Gasteiger partial charge in [-0.2, -0.15) is 4.31 Å². The van der Waals surface area contributed by atoms with Crippen LogP contribution < -0.4 is 5.32 Å². The number of hydrogen-bond acceptors (Lipinski definition) is 6. The van der Waals surface area contributed by atoms with Gasteiger partial charge >= 0.3 is 5.97 Å². The number of sulfonamides is 1. The van der Waals surface area contributed by atoms with E-state index in [1.165, 1.54) is 7.11 Å². The van der Waals surface area contributed by atoms with Crippen molar-refractivity contribution in [3.63, 3.8) is 0 Å². The third kappa shape index (κ3) is 5.90. The molecule has 1 aliphatic heterocycles. The summed E-state index contributed by atoms with van der Waals surface area (Å²) in [6.45, 7) is 4.58. The summed E-state index contributed by atoms with van der Waals surface area (Å²) in [5.74, 6) is -0.555. The highest BCUT2D eigenvalue weighted by molar-refractivity contribution is 7.89. The summed E-state index contributed by atoms with van der Waals surface area (Å²) in [6.07, 6.45) is 0. The van der Waals surface area contributed by atoms with Crippen molar-refractivity contribution >= 4 is 27.6 Å². The van der Waals surface area contributed by atoms with Gasteiger partial charge in [-0.05, 0) is 48.9 Å². The van der Waals surface area contributed by atoms with E-state index in [0.29, 0.717) is 49.5 Å². The number of anilines is 1. The smallest absolute Gasteiger partial charge is 0.337 e. The van der Waals surface area contributed by atoms with E-state index < -0.39 is 16.0 Å². The average Bonchev–Trinajstić information content (AvgIpc) is 2.79. The molecule has 166 valence electrons. The van der Waals surface area contributed by atoms with Crippen LogP contribution in [-0.4, -0.2) is 68.5 Å². The van der Waals surface area contributed by atoms with Crippen LogP contribution in [-0.2, 0) is 21.3 Å². The molecule has 1 aliphatic rings. The lowest BCUT2D eigenvalue weighted by Gasteiger charge is -2.33. The molecule has 0 radical (unpaired) electrons. The topological polar surface area (TPSA) is 96.0 Å². The molecular formula is C22H27N3O5S. The average molecular weight is 446 g/mol. The quantitative estimate of drug-likeness (QED) is 0.657. The summed E-state index contributed by atoms with van der Waals surface area (Å²) in [5, 5.41) is 2.82. The molecule has 2 aromatic carbocycles. The summed E-state index contributed by atoms with van der Waals surface area (Å²) >= 11 is 0. The Balaban J connectivity index is 1.59. The second-order valence-corrected chi connectivity index (χ2v) is 9.56. The molecule has 1 fully saturated rings. The van der Waals surface area contributed by atoms with Gasteiger partial charge in [-0.25, -0.2) is 13.2 Å². The zero-order valence-electron chi connectivity index (χ0n) is 17.7. The fourth-order valence-corrected chi connectivity index (χ4v) is 4.51. The van der Waals surface area contributed by atoms with E-state index in [1.54, 1.807) is 41.6 Å². The number of carbonyl (C=O) groups is 2. The first-order valence-corrected chi connectivity index (χ1v) is 11.7. The van der Waals surface area contributed by atoms with Crippen LogP contribution in [0, 0.1) is 0 Å². The van der Waals surface area contributed by atoms with Crippen LogP contribution in [0.3, 0.4) is 0 Å². The van der Waals surface area contributed by atoms with Gasteiger partial charge in [0.1, 0.15) is 0 Å². The standard InChI is InChI=1S/C22H27N3O5S/c1-3-31(28,29)25-13-11-24(12-14-25)16-17-5-4-6-19(15-17)21(26)23-20-9-7-18(8-10-20)22(27)30-2/h4-10,15H,3,11-14,16H2,1-2H3,(H,23,26). The number of nitrogens with one attached hydrogen (secondary N) is 1. The lowest BCUT2D eigenvalue weighted by Crippen LogP contribution is -2.48. The minimum atomic E-state index is -3.15. The van der Waals surface area contributed by atoms with E-state index in [2.05, 4.69) is 15.0 Å². The molecule has 0 aliphatic carbocycles. The Morgan fingerprint density at radius 2 is 1.68 bits per heavy atom. The van der Waals surface area contributed by atoms with E-state index in [4.69, 9.17) is 0 Å². The molecule has 31 heavy (non-hydrogen) atoms. The summed E-state index contributed by atoms with van der Waals surface area (Å²) in [4.78, 5) is 26.3. The molecule has 9 heteroatoms. The van der Waals surface area contributed by atoms with Crippen molar-refractivity contribution in [3.8, 4) is 0 Å². The maximum absolute atomic E-state index is 12.6. The number of esters is 1. The van der Waals surface area contributed by atoms with Gasteiger partial charge in [-0.1, -0.05) is 12.1 Å². The van der Waals surface area contributed by atoms with Crippen molar-refractivity contribution in [1.29, 1.82) is 0 Å². The van der Waals surface area contributed by atoms with E-state index in [9.17, 15) is 18.0 Å². The largest absolute Gasteiger partial charge is 0.465 e.